The molecule has 7 nitrogen and oxygen atoms in total. The summed E-state index contributed by atoms with van der Waals surface area (Å²) in [6.07, 6.45) is -4.95. The molecule has 1 aliphatic heterocycles. The van der Waals surface area contributed by atoms with Crippen molar-refractivity contribution < 1.29 is 31.5 Å². The number of nitrogens with zero attached hydrogens (tertiary/aromatic N) is 4. The molecule has 1 aromatic heterocycles. The molecule has 4 rings (SSSR count). The summed E-state index contributed by atoms with van der Waals surface area (Å²) in [5.41, 5.74) is -1.69. The summed E-state index contributed by atoms with van der Waals surface area (Å²) in [5, 5.41) is 9.45. The van der Waals surface area contributed by atoms with Crippen LogP contribution in [-0.2, 0) is 10.9 Å². The van der Waals surface area contributed by atoms with Crippen LogP contribution in [0.4, 0.5) is 22.0 Å². The van der Waals surface area contributed by atoms with Crippen molar-refractivity contribution in [1.29, 1.82) is 0 Å². The van der Waals surface area contributed by atoms with Gasteiger partial charge in [-0.2, -0.15) is 13.2 Å². The fourth-order valence-electron chi connectivity index (χ4n) is 3.76. The first-order valence-electron chi connectivity index (χ1n) is 10.4. The summed E-state index contributed by atoms with van der Waals surface area (Å²) in [6, 6.07) is 9.42. The number of morpholine rings is 1. The van der Waals surface area contributed by atoms with Gasteiger partial charge < -0.3 is 10.1 Å². The van der Waals surface area contributed by atoms with Crippen molar-refractivity contribution in [1.82, 2.24) is 25.2 Å². The van der Waals surface area contributed by atoms with Crippen LogP contribution in [0.15, 0.2) is 48.5 Å². The Labute approximate surface area is 191 Å². The Morgan fingerprint density at radius 1 is 1.00 bits per heavy atom. The monoisotopic (exact) mass is 481 g/mol. The molecule has 1 unspecified atom stereocenters. The predicted octanol–water partition coefficient (Wildman–Crippen LogP) is 3.37. The minimum Gasteiger partial charge on any atom is -0.379 e. The van der Waals surface area contributed by atoms with Crippen LogP contribution < -0.4 is 5.32 Å². The van der Waals surface area contributed by atoms with E-state index in [0.717, 1.165) is 24.3 Å². The second kappa shape index (κ2) is 9.85. The summed E-state index contributed by atoms with van der Waals surface area (Å²) in [6.45, 7) is 1.93. The number of aromatic nitrogens is 3. The third-order valence-corrected chi connectivity index (χ3v) is 5.42. The minimum atomic E-state index is -4.95. The number of ether oxygens (including phenoxy) is 1. The maximum absolute atomic E-state index is 13.8. The quantitative estimate of drug-likeness (QED) is 0.547. The zero-order chi connectivity index (χ0) is 24.3. The smallest absolute Gasteiger partial charge is 0.379 e. The van der Waals surface area contributed by atoms with Gasteiger partial charge in [-0.05, 0) is 42.0 Å². The fourth-order valence-corrected chi connectivity index (χ4v) is 3.76. The predicted molar refractivity (Wildman–Crippen MR) is 110 cm³/mol. The van der Waals surface area contributed by atoms with Crippen molar-refractivity contribution >= 4 is 5.91 Å². The second-order valence-corrected chi connectivity index (χ2v) is 7.60. The van der Waals surface area contributed by atoms with Crippen LogP contribution >= 0.6 is 0 Å². The number of alkyl halides is 3. The highest BCUT2D eigenvalue weighted by Gasteiger charge is 2.42. The summed E-state index contributed by atoms with van der Waals surface area (Å²) in [5.74, 6) is -2.13. The molecule has 0 bridgehead atoms. The second-order valence-electron chi connectivity index (χ2n) is 7.60. The fraction of sp³-hybridized carbons (Fsp3) is 0.318. The molecule has 1 amide bonds. The van der Waals surface area contributed by atoms with Crippen molar-refractivity contribution in [3.63, 3.8) is 0 Å². The van der Waals surface area contributed by atoms with Gasteiger partial charge in [0, 0.05) is 19.6 Å². The molecule has 0 aliphatic carbocycles. The minimum absolute atomic E-state index is 0.0504. The standard InChI is InChI=1S/C22H20F5N5O2/c23-15-3-1-14(2-4-15)18(31-9-11-34-12-10-31)13-28-21(33)19-20(22(25,26)27)32(30-29-19)17-7-5-16(24)6-8-17/h1-8,18H,9-13H2,(H,28,33). The van der Waals surface area contributed by atoms with E-state index < -0.39 is 41.1 Å². The molecule has 2 aromatic carbocycles. The van der Waals surface area contributed by atoms with Gasteiger partial charge in [-0.15, -0.1) is 5.10 Å². The zero-order valence-electron chi connectivity index (χ0n) is 17.7. The lowest BCUT2D eigenvalue weighted by atomic mass is 10.0. The van der Waals surface area contributed by atoms with E-state index in [1.54, 1.807) is 12.1 Å². The highest BCUT2D eigenvalue weighted by atomic mass is 19.4. The number of hydrogen-bond donors (Lipinski definition) is 1. The van der Waals surface area contributed by atoms with Crippen LogP contribution in [-0.4, -0.2) is 58.6 Å². The highest BCUT2D eigenvalue weighted by molar-refractivity contribution is 5.93. The van der Waals surface area contributed by atoms with Gasteiger partial charge in [0.25, 0.3) is 5.91 Å². The summed E-state index contributed by atoms with van der Waals surface area (Å²) < 4.78 is 73.9. The van der Waals surface area contributed by atoms with E-state index in [0.29, 0.717) is 36.5 Å². The molecule has 1 N–H and O–H groups in total. The normalized spacial score (nSPS) is 15.8. The topological polar surface area (TPSA) is 72.3 Å². The molecule has 1 atom stereocenters. The van der Waals surface area contributed by atoms with E-state index >= 15 is 0 Å². The average molecular weight is 481 g/mol. The highest BCUT2D eigenvalue weighted by Crippen LogP contribution is 2.33. The maximum atomic E-state index is 13.8. The van der Waals surface area contributed by atoms with Gasteiger partial charge in [0.15, 0.2) is 11.4 Å². The number of halogens is 5. The Morgan fingerprint density at radius 3 is 2.18 bits per heavy atom. The number of hydrogen-bond acceptors (Lipinski definition) is 5. The molecule has 2 heterocycles. The Bertz CT molecular complexity index is 1130. The lowest BCUT2D eigenvalue weighted by molar-refractivity contribution is -0.143. The molecule has 34 heavy (non-hydrogen) atoms. The van der Waals surface area contributed by atoms with Crippen LogP contribution in [0.25, 0.3) is 5.69 Å². The van der Waals surface area contributed by atoms with Crippen molar-refractivity contribution in [3.8, 4) is 5.69 Å². The maximum Gasteiger partial charge on any atom is 0.435 e. The lowest BCUT2D eigenvalue weighted by Gasteiger charge is -2.34. The van der Waals surface area contributed by atoms with Gasteiger partial charge in [0.1, 0.15) is 11.6 Å². The Morgan fingerprint density at radius 2 is 1.59 bits per heavy atom. The van der Waals surface area contributed by atoms with E-state index in [2.05, 4.69) is 15.6 Å². The first-order chi connectivity index (χ1) is 16.2. The molecular weight excluding hydrogens is 461 g/mol. The van der Waals surface area contributed by atoms with E-state index in [1.165, 1.54) is 12.1 Å². The van der Waals surface area contributed by atoms with Gasteiger partial charge in [-0.1, -0.05) is 17.3 Å². The van der Waals surface area contributed by atoms with Crippen LogP contribution in [0.1, 0.15) is 27.8 Å². The number of rotatable bonds is 6. The molecule has 0 radical (unpaired) electrons. The zero-order valence-corrected chi connectivity index (χ0v) is 17.7. The van der Waals surface area contributed by atoms with Crippen LogP contribution in [0.3, 0.4) is 0 Å². The molecule has 180 valence electrons. The van der Waals surface area contributed by atoms with Gasteiger partial charge >= 0.3 is 6.18 Å². The van der Waals surface area contributed by atoms with Gasteiger partial charge in [0.05, 0.1) is 24.9 Å². The summed E-state index contributed by atoms with van der Waals surface area (Å²) in [7, 11) is 0. The average Bonchev–Trinajstić information content (AvgIpc) is 3.27. The van der Waals surface area contributed by atoms with E-state index in [9.17, 15) is 26.7 Å². The van der Waals surface area contributed by atoms with Gasteiger partial charge in [0.2, 0.25) is 0 Å². The summed E-state index contributed by atoms with van der Waals surface area (Å²) >= 11 is 0. The lowest BCUT2D eigenvalue weighted by Crippen LogP contribution is -2.44. The largest absolute Gasteiger partial charge is 0.435 e. The third kappa shape index (κ3) is 5.23. The Kier molecular flexibility index (Phi) is 6.89. The molecule has 3 aromatic rings. The van der Waals surface area contributed by atoms with Crippen molar-refractivity contribution in [2.75, 3.05) is 32.8 Å². The molecule has 1 saturated heterocycles. The number of benzene rings is 2. The number of amides is 1. The van der Waals surface area contributed by atoms with Crippen LogP contribution in [0, 0.1) is 11.6 Å². The van der Waals surface area contributed by atoms with E-state index in [-0.39, 0.29) is 12.2 Å². The Hall–Kier alpha value is -3.38. The van der Waals surface area contributed by atoms with Gasteiger partial charge in [-0.25, -0.2) is 13.5 Å². The SMILES string of the molecule is O=C(NCC(c1ccc(F)cc1)N1CCOCC1)c1nnn(-c2ccc(F)cc2)c1C(F)(F)F. The Balaban J connectivity index is 1.59. The van der Waals surface area contributed by atoms with Gasteiger partial charge in [-0.3, -0.25) is 9.69 Å². The van der Waals surface area contributed by atoms with Crippen molar-refractivity contribution in [2.45, 2.75) is 12.2 Å². The molecule has 1 aliphatic rings. The molecule has 0 saturated carbocycles. The third-order valence-electron chi connectivity index (χ3n) is 5.42. The number of carbonyl (C=O) groups excluding carboxylic acids is 1. The molecule has 0 spiro atoms. The first-order valence-corrected chi connectivity index (χ1v) is 10.4. The number of carbonyl (C=O) groups is 1. The molecule has 12 heteroatoms. The van der Waals surface area contributed by atoms with Crippen LogP contribution in [0.5, 0.6) is 0 Å². The van der Waals surface area contributed by atoms with Crippen LogP contribution in [0.2, 0.25) is 0 Å². The van der Waals surface area contributed by atoms with E-state index in [1.807, 2.05) is 4.90 Å². The van der Waals surface area contributed by atoms with E-state index in [4.69, 9.17) is 4.74 Å². The number of nitrogens with one attached hydrogen (secondary N) is 1. The van der Waals surface area contributed by atoms with Crippen molar-refractivity contribution in [2.24, 2.45) is 0 Å². The first kappa shape index (κ1) is 23.8. The molecule has 1 fully saturated rings. The molecular formula is C22H20F5N5O2. The van der Waals surface area contributed by atoms with Crippen molar-refractivity contribution in [3.05, 3.63) is 77.1 Å². The summed E-state index contributed by atoms with van der Waals surface area (Å²) in [4.78, 5) is 14.8.